The molecule has 0 aliphatic carbocycles. The molecule has 0 saturated carbocycles. The van der Waals surface area contributed by atoms with Gasteiger partial charge in [-0.2, -0.15) is 0 Å². The maximum Gasteiger partial charge on any atom is 0.144 e. The molecule has 0 bridgehead atoms. The number of nitrogens with one attached hydrogen (secondary N) is 1. The average Bonchev–Trinajstić information content (AvgIpc) is 2.35. The molecule has 0 saturated heterocycles. The number of nitrogens with zero attached hydrogens (tertiary/aromatic N) is 2. The minimum Gasteiger partial charge on any atom is -0.384 e. The molecule has 1 aromatic heterocycles. The topological polar surface area (TPSA) is 63.8 Å². The Morgan fingerprint density at radius 2 is 2.17 bits per heavy atom. The van der Waals surface area contributed by atoms with Crippen molar-refractivity contribution in [2.45, 2.75) is 13.0 Å². The molecule has 0 atom stereocenters. The molecular weight excluding hydrogens is 231 g/mol. The molecule has 0 spiro atoms. The molecule has 0 radical (unpaired) electrons. The molecule has 2 aromatic rings. The minimum absolute atomic E-state index is 0.202. The van der Waals surface area contributed by atoms with Crippen LogP contribution in [0.25, 0.3) is 0 Å². The van der Waals surface area contributed by atoms with Gasteiger partial charge in [0.25, 0.3) is 0 Å². The number of hydrogen-bond donors (Lipinski definition) is 2. The summed E-state index contributed by atoms with van der Waals surface area (Å²) in [6.07, 6.45) is 2.39. The predicted molar refractivity (Wildman–Crippen MR) is 68.3 cm³/mol. The van der Waals surface area contributed by atoms with Crippen LogP contribution >= 0.6 is 0 Å². The lowest BCUT2D eigenvalue weighted by Gasteiger charge is -2.04. The number of anilines is 1. The maximum absolute atomic E-state index is 12.9. The van der Waals surface area contributed by atoms with E-state index in [2.05, 4.69) is 15.3 Å². The molecule has 0 aliphatic rings. The number of nitrogen functional groups attached to an aromatic ring is 1. The van der Waals surface area contributed by atoms with Gasteiger partial charge in [0, 0.05) is 6.20 Å². The highest BCUT2D eigenvalue weighted by Crippen LogP contribution is 2.03. The molecule has 0 amide bonds. The second-order valence-electron chi connectivity index (χ2n) is 3.95. The van der Waals surface area contributed by atoms with Gasteiger partial charge in [-0.25, -0.2) is 14.4 Å². The standard InChI is InChI=1S/C13H15FN4/c14-11-3-1-2-10(8-11)4-6-16-9-13-17-7-5-12(15)18-13/h1-3,5,7-8,16H,4,6,9H2,(H2,15,17,18). The van der Waals surface area contributed by atoms with Gasteiger partial charge in [-0.05, 0) is 36.7 Å². The highest BCUT2D eigenvalue weighted by molar-refractivity contribution is 5.25. The number of halogens is 1. The van der Waals surface area contributed by atoms with Crippen LogP contribution in [0, 0.1) is 5.82 Å². The van der Waals surface area contributed by atoms with Crippen molar-refractivity contribution in [3.63, 3.8) is 0 Å². The van der Waals surface area contributed by atoms with Gasteiger partial charge in [0.05, 0.1) is 6.54 Å². The molecule has 94 valence electrons. The first-order valence-electron chi connectivity index (χ1n) is 5.76. The molecule has 0 fully saturated rings. The molecule has 18 heavy (non-hydrogen) atoms. The van der Waals surface area contributed by atoms with E-state index in [1.165, 1.54) is 6.07 Å². The molecule has 1 heterocycles. The third-order valence-corrected chi connectivity index (χ3v) is 2.49. The number of aromatic nitrogens is 2. The van der Waals surface area contributed by atoms with E-state index in [1.807, 2.05) is 6.07 Å². The summed E-state index contributed by atoms with van der Waals surface area (Å²) >= 11 is 0. The molecule has 0 unspecified atom stereocenters. The summed E-state index contributed by atoms with van der Waals surface area (Å²) in [6, 6.07) is 8.25. The quantitative estimate of drug-likeness (QED) is 0.785. The van der Waals surface area contributed by atoms with Crippen molar-refractivity contribution >= 4 is 5.82 Å². The van der Waals surface area contributed by atoms with Crippen molar-refractivity contribution in [2.75, 3.05) is 12.3 Å². The van der Waals surface area contributed by atoms with Crippen LogP contribution in [0.1, 0.15) is 11.4 Å². The van der Waals surface area contributed by atoms with Gasteiger partial charge in [-0.15, -0.1) is 0 Å². The van der Waals surface area contributed by atoms with E-state index in [0.717, 1.165) is 18.5 Å². The zero-order valence-corrected chi connectivity index (χ0v) is 9.94. The molecule has 4 nitrogen and oxygen atoms in total. The molecule has 5 heteroatoms. The van der Waals surface area contributed by atoms with E-state index in [-0.39, 0.29) is 5.82 Å². The Labute approximate surface area is 105 Å². The second-order valence-corrected chi connectivity index (χ2v) is 3.95. The summed E-state index contributed by atoms with van der Waals surface area (Å²) in [7, 11) is 0. The van der Waals surface area contributed by atoms with Crippen molar-refractivity contribution in [2.24, 2.45) is 0 Å². The number of hydrogen-bond acceptors (Lipinski definition) is 4. The van der Waals surface area contributed by atoms with Crippen molar-refractivity contribution in [3.05, 3.63) is 53.7 Å². The molecule has 0 aliphatic heterocycles. The van der Waals surface area contributed by atoms with E-state index in [9.17, 15) is 4.39 Å². The van der Waals surface area contributed by atoms with Crippen LogP contribution in [0.3, 0.4) is 0 Å². The van der Waals surface area contributed by atoms with Gasteiger partial charge in [0.15, 0.2) is 0 Å². The van der Waals surface area contributed by atoms with Gasteiger partial charge in [-0.1, -0.05) is 12.1 Å². The lowest BCUT2D eigenvalue weighted by atomic mass is 10.1. The van der Waals surface area contributed by atoms with Crippen LogP contribution in [0.5, 0.6) is 0 Å². The number of rotatable bonds is 5. The average molecular weight is 246 g/mol. The Bertz CT molecular complexity index is 468. The van der Waals surface area contributed by atoms with Crippen molar-refractivity contribution in [1.82, 2.24) is 15.3 Å². The third kappa shape index (κ3) is 3.78. The van der Waals surface area contributed by atoms with Crippen LogP contribution in [0.15, 0.2) is 36.5 Å². The van der Waals surface area contributed by atoms with E-state index < -0.39 is 0 Å². The zero-order chi connectivity index (χ0) is 12.8. The van der Waals surface area contributed by atoms with Gasteiger partial charge in [0.1, 0.15) is 17.5 Å². The summed E-state index contributed by atoms with van der Waals surface area (Å²) in [5.41, 5.74) is 6.52. The van der Waals surface area contributed by atoms with Gasteiger partial charge < -0.3 is 11.1 Å². The highest BCUT2D eigenvalue weighted by Gasteiger charge is 1.98. The lowest BCUT2D eigenvalue weighted by molar-refractivity contribution is 0.621. The Hall–Kier alpha value is -2.01. The van der Waals surface area contributed by atoms with E-state index in [1.54, 1.807) is 24.4 Å². The fourth-order valence-corrected chi connectivity index (χ4v) is 1.63. The maximum atomic E-state index is 12.9. The summed E-state index contributed by atoms with van der Waals surface area (Å²) in [4.78, 5) is 8.16. The predicted octanol–water partition coefficient (Wildman–Crippen LogP) is 1.53. The van der Waals surface area contributed by atoms with Gasteiger partial charge >= 0.3 is 0 Å². The summed E-state index contributed by atoms with van der Waals surface area (Å²) in [6.45, 7) is 1.29. The Kier molecular flexibility index (Phi) is 4.20. The molecule has 2 rings (SSSR count). The van der Waals surface area contributed by atoms with Crippen LogP contribution in [-0.2, 0) is 13.0 Å². The largest absolute Gasteiger partial charge is 0.384 e. The summed E-state index contributed by atoms with van der Waals surface area (Å²) < 4.78 is 12.9. The normalized spacial score (nSPS) is 10.5. The Balaban J connectivity index is 1.76. The van der Waals surface area contributed by atoms with Crippen molar-refractivity contribution in [3.8, 4) is 0 Å². The fraction of sp³-hybridized carbons (Fsp3) is 0.231. The smallest absolute Gasteiger partial charge is 0.144 e. The third-order valence-electron chi connectivity index (χ3n) is 2.49. The summed E-state index contributed by atoms with van der Waals surface area (Å²) in [5, 5.41) is 3.19. The molecular formula is C13H15FN4. The molecule has 3 N–H and O–H groups in total. The van der Waals surface area contributed by atoms with Crippen LogP contribution in [-0.4, -0.2) is 16.5 Å². The lowest BCUT2D eigenvalue weighted by Crippen LogP contribution is -2.18. The monoisotopic (exact) mass is 246 g/mol. The van der Waals surface area contributed by atoms with E-state index in [0.29, 0.717) is 18.2 Å². The summed E-state index contributed by atoms with van der Waals surface area (Å²) in [5.74, 6) is 0.924. The first kappa shape index (κ1) is 12.4. The Morgan fingerprint density at radius 1 is 1.28 bits per heavy atom. The minimum atomic E-state index is -0.202. The number of nitrogens with two attached hydrogens (primary N) is 1. The van der Waals surface area contributed by atoms with Crippen molar-refractivity contribution < 1.29 is 4.39 Å². The van der Waals surface area contributed by atoms with E-state index in [4.69, 9.17) is 5.73 Å². The second kappa shape index (κ2) is 6.07. The van der Waals surface area contributed by atoms with Crippen LogP contribution in [0.2, 0.25) is 0 Å². The van der Waals surface area contributed by atoms with Gasteiger partial charge in [-0.3, -0.25) is 0 Å². The number of benzene rings is 1. The first-order valence-corrected chi connectivity index (χ1v) is 5.76. The van der Waals surface area contributed by atoms with Crippen LogP contribution in [0.4, 0.5) is 10.2 Å². The first-order chi connectivity index (χ1) is 8.74. The Morgan fingerprint density at radius 3 is 2.94 bits per heavy atom. The van der Waals surface area contributed by atoms with Crippen LogP contribution < -0.4 is 11.1 Å². The molecule has 1 aromatic carbocycles. The highest BCUT2D eigenvalue weighted by atomic mass is 19.1. The van der Waals surface area contributed by atoms with Gasteiger partial charge in [0.2, 0.25) is 0 Å². The fourth-order valence-electron chi connectivity index (χ4n) is 1.63. The SMILES string of the molecule is Nc1ccnc(CNCCc2cccc(F)c2)n1. The van der Waals surface area contributed by atoms with Crippen molar-refractivity contribution in [1.29, 1.82) is 0 Å². The zero-order valence-electron chi connectivity index (χ0n) is 9.94. The van der Waals surface area contributed by atoms with E-state index >= 15 is 0 Å².